The summed E-state index contributed by atoms with van der Waals surface area (Å²) < 4.78 is 96.0. The van der Waals surface area contributed by atoms with Crippen molar-refractivity contribution >= 4 is 41.8 Å². The number of azo groups is 1. The van der Waals surface area contributed by atoms with E-state index in [-0.39, 0.29) is 11.3 Å². The number of nitrogens with zero attached hydrogens (tertiary/aromatic N) is 2. The first kappa shape index (κ1) is 23.6. The summed E-state index contributed by atoms with van der Waals surface area (Å²) in [4.78, 5) is 10.6. The van der Waals surface area contributed by atoms with Gasteiger partial charge in [-0.15, -0.1) is 5.11 Å². The van der Waals surface area contributed by atoms with Gasteiger partial charge >= 0.3 is 0 Å². The Morgan fingerprint density at radius 2 is 1.31 bits per heavy atom. The van der Waals surface area contributed by atoms with E-state index in [9.17, 15) is 39.7 Å². The molecule has 1 aliphatic carbocycles. The molecule has 13 nitrogen and oxygen atoms in total. The van der Waals surface area contributed by atoms with Gasteiger partial charge in [-0.25, -0.2) is 0 Å². The highest BCUT2D eigenvalue weighted by atomic mass is 32.2. The highest BCUT2D eigenvalue weighted by molar-refractivity contribution is 7.89. The zero-order chi connectivity index (χ0) is 24.1. The molecule has 0 aliphatic heterocycles. The lowest BCUT2D eigenvalue weighted by Crippen LogP contribution is -2.21. The Labute approximate surface area is 181 Å². The largest absolute Gasteiger partial charge is 0.507 e. The lowest BCUT2D eigenvalue weighted by atomic mass is 9.93. The van der Waals surface area contributed by atoms with Crippen LogP contribution in [-0.4, -0.2) is 49.8 Å². The number of fused-ring (bicyclic) bond motifs is 1. The lowest BCUT2D eigenvalue weighted by molar-refractivity contribution is 0.102. The number of rotatable bonds is 5. The lowest BCUT2D eigenvalue weighted by Gasteiger charge is -2.19. The minimum atomic E-state index is -5.04. The summed E-state index contributed by atoms with van der Waals surface area (Å²) in [5, 5.41) is 17.2. The summed E-state index contributed by atoms with van der Waals surface area (Å²) in [6, 6.07) is 5.42. The molecule has 0 atom stereocenters. The fourth-order valence-electron chi connectivity index (χ4n) is 2.82. The quantitative estimate of drug-likeness (QED) is 0.337. The van der Waals surface area contributed by atoms with E-state index in [1.165, 1.54) is 0 Å². The molecule has 0 unspecified atom stereocenters. The monoisotopic (exact) mass is 504 g/mol. The van der Waals surface area contributed by atoms with Crippen molar-refractivity contribution in [3.8, 4) is 5.75 Å². The number of benzene rings is 2. The number of carbonyl (C=O) groups excluding carboxylic acids is 1. The fraction of sp³-hybridized carbons (Fsp3) is 0.0625. The molecule has 16 heteroatoms. The molecule has 0 heterocycles. The van der Waals surface area contributed by atoms with E-state index in [0.29, 0.717) is 6.07 Å². The van der Waals surface area contributed by atoms with E-state index in [0.717, 1.165) is 30.3 Å². The van der Waals surface area contributed by atoms with Crippen molar-refractivity contribution < 1.29 is 48.8 Å². The Kier molecular flexibility index (Phi) is 5.79. The average molecular weight is 504 g/mol. The molecule has 0 amide bonds. The van der Waals surface area contributed by atoms with Crippen LogP contribution in [0.3, 0.4) is 0 Å². The number of aromatic hydroxyl groups is 1. The van der Waals surface area contributed by atoms with Gasteiger partial charge in [-0.1, -0.05) is 0 Å². The highest BCUT2D eigenvalue weighted by Gasteiger charge is 2.35. The third-order valence-corrected chi connectivity index (χ3v) is 6.90. The minimum Gasteiger partial charge on any atom is -0.507 e. The zero-order valence-electron chi connectivity index (χ0n) is 15.4. The van der Waals surface area contributed by atoms with Crippen molar-refractivity contribution in [1.29, 1.82) is 0 Å². The van der Waals surface area contributed by atoms with Crippen LogP contribution in [0.25, 0.3) is 0 Å². The van der Waals surface area contributed by atoms with Crippen LogP contribution < -0.4 is 0 Å². The number of phenols is 1. The molecule has 2 aromatic rings. The predicted octanol–water partition coefficient (Wildman–Crippen LogP) is 1.51. The van der Waals surface area contributed by atoms with E-state index >= 15 is 0 Å². The summed E-state index contributed by atoms with van der Waals surface area (Å²) in [5.41, 5.74) is -1.77. The molecule has 0 aromatic heterocycles. The summed E-state index contributed by atoms with van der Waals surface area (Å²) >= 11 is 0. The topological polar surface area (TPSA) is 225 Å². The molecule has 32 heavy (non-hydrogen) atoms. The fourth-order valence-corrected chi connectivity index (χ4v) is 4.56. The molecule has 0 saturated carbocycles. The molecule has 2 aromatic carbocycles. The van der Waals surface area contributed by atoms with Crippen molar-refractivity contribution in [2.24, 2.45) is 10.2 Å². The molecule has 0 fully saturated rings. The Hall–Kier alpha value is -3.02. The van der Waals surface area contributed by atoms with Crippen LogP contribution in [-0.2, 0) is 36.8 Å². The van der Waals surface area contributed by atoms with Gasteiger partial charge in [0.15, 0.2) is 5.70 Å². The summed E-state index contributed by atoms with van der Waals surface area (Å²) in [7, 11) is -14.3. The molecule has 0 spiro atoms. The standard InChI is InChI=1S/C16H12N2O11S3/c19-12-7-11(31(24,25)26)5-8-6-13(32(27,28)29)15(16(20)14(8)12)18-17-9-1-3-10(4-2-9)30(21,22)23/h1-5,7,19H,6H2,(H,21,22,23)(H,24,25,26)(H,27,28,29). The molecular formula is C16H12N2O11S3. The van der Waals surface area contributed by atoms with Crippen LogP contribution in [0.5, 0.6) is 5.75 Å². The number of ketones is 1. The van der Waals surface area contributed by atoms with Gasteiger partial charge in [-0.2, -0.15) is 30.4 Å². The van der Waals surface area contributed by atoms with Crippen LogP contribution in [0.2, 0.25) is 0 Å². The first-order valence-electron chi connectivity index (χ1n) is 8.17. The van der Waals surface area contributed by atoms with Crippen LogP contribution in [0, 0.1) is 0 Å². The molecule has 1 aliphatic rings. The van der Waals surface area contributed by atoms with Gasteiger partial charge in [-0.05, 0) is 35.9 Å². The van der Waals surface area contributed by atoms with Gasteiger partial charge in [0.05, 0.1) is 21.0 Å². The maximum atomic E-state index is 12.8. The van der Waals surface area contributed by atoms with Gasteiger partial charge in [0.1, 0.15) is 10.7 Å². The summed E-state index contributed by atoms with van der Waals surface area (Å²) in [5.74, 6) is -2.10. The van der Waals surface area contributed by atoms with Crippen LogP contribution in [0.4, 0.5) is 5.69 Å². The first-order valence-corrected chi connectivity index (χ1v) is 12.5. The second-order valence-corrected chi connectivity index (χ2v) is 10.7. The van der Waals surface area contributed by atoms with Crippen molar-refractivity contribution in [3.63, 3.8) is 0 Å². The third-order valence-electron chi connectivity index (χ3n) is 4.24. The smallest absolute Gasteiger partial charge is 0.294 e. The first-order chi connectivity index (χ1) is 14.6. The van der Waals surface area contributed by atoms with Gasteiger partial charge in [-0.3, -0.25) is 18.5 Å². The number of carbonyl (C=O) groups is 1. The van der Waals surface area contributed by atoms with E-state index in [1.807, 2.05) is 0 Å². The maximum Gasteiger partial charge on any atom is 0.294 e. The third kappa shape index (κ3) is 4.74. The second-order valence-electron chi connectivity index (χ2n) is 6.37. The molecule has 3 rings (SSSR count). The molecule has 170 valence electrons. The zero-order valence-corrected chi connectivity index (χ0v) is 17.9. The Balaban J connectivity index is 2.12. The van der Waals surface area contributed by atoms with E-state index in [4.69, 9.17) is 9.11 Å². The molecule has 0 bridgehead atoms. The minimum absolute atomic E-state index is 0.0656. The van der Waals surface area contributed by atoms with Crippen molar-refractivity contribution in [2.75, 3.05) is 0 Å². The number of phenolic OH excluding ortho intramolecular Hbond substituents is 1. The number of Topliss-reactive ketones (excluding diaryl/α,β-unsaturated/α-hetero) is 1. The maximum absolute atomic E-state index is 12.8. The van der Waals surface area contributed by atoms with Crippen molar-refractivity contribution in [3.05, 3.63) is 58.1 Å². The van der Waals surface area contributed by atoms with Crippen molar-refractivity contribution in [2.45, 2.75) is 16.2 Å². The van der Waals surface area contributed by atoms with E-state index in [2.05, 4.69) is 10.2 Å². The molecule has 0 saturated heterocycles. The van der Waals surface area contributed by atoms with Gasteiger partial charge in [0.25, 0.3) is 30.4 Å². The van der Waals surface area contributed by atoms with E-state index < -0.39 is 74.3 Å². The summed E-state index contributed by atoms with van der Waals surface area (Å²) in [6.45, 7) is 0. The average Bonchev–Trinajstić information content (AvgIpc) is 2.64. The second kappa shape index (κ2) is 7.84. The predicted molar refractivity (Wildman–Crippen MR) is 105 cm³/mol. The summed E-state index contributed by atoms with van der Waals surface area (Å²) in [6.07, 6.45) is -0.757. The Morgan fingerprint density at radius 3 is 1.81 bits per heavy atom. The number of hydrogen-bond donors (Lipinski definition) is 4. The van der Waals surface area contributed by atoms with Crippen LogP contribution in [0.1, 0.15) is 15.9 Å². The van der Waals surface area contributed by atoms with E-state index in [1.54, 1.807) is 0 Å². The van der Waals surface area contributed by atoms with Crippen LogP contribution >= 0.6 is 0 Å². The van der Waals surface area contributed by atoms with Gasteiger partial charge in [0, 0.05) is 12.5 Å². The molecular weight excluding hydrogens is 492 g/mol. The van der Waals surface area contributed by atoms with Crippen molar-refractivity contribution in [1.82, 2.24) is 0 Å². The number of allylic oxidation sites excluding steroid dienone is 2. The van der Waals surface area contributed by atoms with Gasteiger partial charge < -0.3 is 5.11 Å². The highest BCUT2D eigenvalue weighted by Crippen LogP contribution is 2.37. The Bertz CT molecular complexity index is 1520. The van der Waals surface area contributed by atoms with Crippen LogP contribution in [0.15, 0.2) is 67.0 Å². The normalized spacial score (nSPS) is 15.3. The molecule has 4 N–H and O–H groups in total. The Morgan fingerprint density at radius 1 is 0.750 bits per heavy atom. The number of hydrogen-bond acceptors (Lipinski definition) is 10. The molecule has 0 radical (unpaired) electrons. The van der Waals surface area contributed by atoms with Gasteiger partial charge in [0.2, 0.25) is 5.78 Å². The SMILES string of the molecule is O=C1C(N=Nc2ccc(S(=O)(=O)O)cc2)=C(S(=O)(=O)O)Cc2cc(S(=O)(=O)O)cc(O)c21.